The predicted molar refractivity (Wildman–Crippen MR) is 95.9 cm³/mol. The van der Waals surface area contributed by atoms with E-state index < -0.39 is 17.6 Å². The number of carbonyl (C=O) groups excluding carboxylic acids is 2. The Bertz CT molecular complexity index is 782. The van der Waals surface area contributed by atoms with Gasteiger partial charge in [0.05, 0.1) is 11.1 Å². The van der Waals surface area contributed by atoms with Crippen LogP contribution in [0.15, 0.2) is 12.3 Å². The van der Waals surface area contributed by atoms with Crippen LogP contribution in [-0.4, -0.2) is 42.5 Å². The molecule has 4 rings (SSSR count). The normalized spacial score (nSPS) is 24.0. The highest BCUT2D eigenvalue weighted by Crippen LogP contribution is 2.54. The molecule has 1 unspecified atom stereocenters. The molecule has 3 fully saturated rings. The second-order valence-corrected chi connectivity index (χ2v) is 8.09. The molecule has 3 heterocycles. The van der Waals surface area contributed by atoms with Crippen LogP contribution in [0, 0.1) is 5.41 Å². The van der Waals surface area contributed by atoms with Crippen molar-refractivity contribution in [2.75, 3.05) is 24.5 Å². The van der Waals surface area contributed by atoms with E-state index in [9.17, 15) is 22.8 Å². The summed E-state index contributed by atoms with van der Waals surface area (Å²) in [5, 5.41) is 5.39. The number of aromatic nitrogens is 1. The van der Waals surface area contributed by atoms with Gasteiger partial charge in [0, 0.05) is 38.3 Å². The highest BCUT2D eigenvalue weighted by molar-refractivity contribution is 5.99. The van der Waals surface area contributed by atoms with Crippen LogP contribution in [0.1, 0.15) is 54.4 Å². The molecule has 1 saturated carbocycles. The maximum Gasteiger partial charge on any atom is 0.417 e. The summed E-state index contributed by atoms with van der Waals surface area (Å²) in [6, 6.07) is 0.488. The van der Waals surface area contributed by atoms with Gasteiger partial charge < -0.3 is 15.5 Å². The molecule has 1 atom stereocenters. The summed E-state index contributed by atoms with van der Waals surface area (Å²) in [5.74, 6) is -0.494. The number of piperidine rings is 2. The number of nitrogens with zero attached hydrogens (tertiary/aromatic N) is 2. The van der Waals surface area contributed by atoms with Crippen molar-refractivity contribution in [3.63, 3.8) is 0 Å². The molecule has 152 valence electrons. The predicted octanol–water partition coefficient (Wildman–Crippen LogP) is 2.49. The third kappa shape index (κ3) is 3.93. The van der Waals surface area contributed by atoms with E-state index in [0.717, 1.165) is 25.1 Å². The Morgan fingerprint density at radius 1 is 1.25 bits per heavy atom. The Morgan fingerprint density at radius 3 is 2.57 bits per heavy atom. The standard InChI is InChI=1S/C19H23F3N4O2/c20-19(21,22)12-9-14(17(28)25-13-1-6-23-15(27)10-13)16(24-11-12)26-7-4-18(2-3-18)5-8-26/h9,11,13H,1-8,10H2,(H,23,27)(H,25,28). The second kappa shape index (κ2) is 6.93. The van der Waals surface area contributed by atoms with Gasteiger partial charge in [-0.1, -0.05) is 0 Å². The van der Waals surface area contributed by atoms with Crippen molar-refractivity contribution >= 4 is 17.6 Å². The molecular weight excluding hydrogens is 373 g/mol. The number of carbonyl (C=O) groups is 2. The zero-order valence-electron chi connectivity index (χ0n) is 15.4. The van der Waals surface area contributed by atoms with Crippen LogP contribution in [-0.2, 0) is 11.0 Å². The van der Waals surface area contributed by atoms with E-state index in [1.807, 2.05) is 4.90 Å². The Kier molecular flexibility index (Phi) is 4.71. The minimum absolute atomic E-state index is 0.0763. The quantitative estimate of drug-likeness (QED) is 0.823. The van der Waals surface area contributed by atoms with Gasteiger partial charge in [-0.2, -0.15) is 13.2 Å². The number of nitrogens with one attached hydrogen (secondary N) is 2. The molecular formula is C19H23F3N4O2. The molecule has 0 radical (unpaired) electrons. The molecule has 6 nitrogen and oxygen atoms in total. The van der Waals surface area contributed by atoms with Crippen molar-refractivity contribution < 1.29 is 22.8 Å². The first-order chi connectivity index (χ1) is 13.3. The molecule has 1 aromatic rings. The van der Waals surface area contributed by atoms with Gasteiger partial charge in [0.15, 0.2) is 0 Å². The summed E-state index contributed by atoms with van der Waals surface area (Å²) in [4.78, 5) is 30.3. The van der Waals surface area contributed by atoms with Crippen LogP contribution in [0.2, 0.25) is 0 Å². The zero-order chi connectivity index (χ0) is 19.9. The number of rotatable bonds is 3. The Labute approximate surface area is 160 Å². The maximum atomic E-state index is 13.2. The lowest BCUT2D eigenvalue weighted by Crippen LogP contribution is -2.46. The van der Waals surface area contributed by atoms with E-state index in [1.165, 1.54) is 12.8 Å². The van der Waals surface area contributed by atoms with Crippen molar-refractivity contribution in [1.29, 1.82) is 0 Å². The second-order valence-electron chi connectivity index (χ2n) is 8.09. The summed E-state index contributed by atoms with van der Waals surface area (Å²) in [5.41, 5.74) is -0.619. The molecule has 0 bridgehead atoms. The number of alkyl halides is 3. The van der Waals surface area contributed by atoms with E-state index in [1.54, 1.807) is 0 Å². The summed E-state index contributed by atoms with van der Waals surface area (Å²) < 4.78 is 39.6. The third-order valence-corrected chi connectivity index (χ3v) is 6.10. The van der Waals surface area contributed by atoms with Crippen molar-refractivity contribution in [2.45, 2.75) is 50.7 Å². The number of amides is 2. The number of halogens is 3. The van der Waals surface area contributed by atoms with Crippen molar-refractivity contribution in [2.24, 2.45) is 5.41 Å². The lowest BCUT2D eigenvalue weighted by molar-refractivity contribution is -0.137. The molecule has 1 spiro atoms. The summed E-state index contributed by atoms with van der Waals surface area (Å²) >= 11 is 0. The van der Waals surface area contributed by atoms with E-state index in [2.05, 4.69) is 15.6 Å². The molecule has 28 heavy (non-hydrogen) atoms. The van der Waals surface area contributed by atoms with Gasteiger partial charge in [-0.3, -0.25) is 9.59 Å². The lowest BCUT2D eigenvalue weighted by Gasteiger charge is -2.34. The molecule has 1 aliphatic carbocycles. The lowest BCUT2D eigenvalue weighted by atomic mass is 9.93. The smallest absolute Gasteiger partial charge is 0.356 e. The van der Waals surface area contributed by atoms with Crippen molar-refractivity contribution in [3.05, 3.63) is 23.4 Å². The van der Waals surface area contributed by atoms with Gasteiger partial charge in [0.2, 0.25) is 5.91 Å². The van der Waals surface area contributed by atoms with E-state index in [4.69, 9.17) is 0 Å². The molecule has 0 aromatic carbocycles. The molecule has 2 amide bonds. The Hall–Kier alpha value is -2.32. The SMILES string of the molecule is O=C1CC(NC(=O)c2cc(C(F)(F)F)cnc2N2CCC3(CC2)CC3)CCN1. The van der Waals surface area contributed by atoms with E-state index in [-0.39, 0.29) is 23.9 Å². The summed E-state index contributed by atoms with van der Waals surface area (Å²) in [6.45, 7) is 1.81. The molecule has 9 heteroatoms. The van der Waals surface area contributed by atoms with Crippen LogP contribution in [0.4, 0.5) is 19.0 Å². The van der Waals surface area contributed by atoms with E-state index >= 15 is 0 Å². The number of pyridine rings is 1. The van der Waals surface area contributed by atoms with Crippen LogP contribution < -0.4 is 15.5 Å². The molecule has 2 saturated heterocycles. The topological polar surface area (TPSA) is 74.3 Å². The molecule has 1 aromatic heterocycles. The number of hydrogen-bond acceptors (Lipinski definition) is 4. The maximum absolute atomic E-state index is 13.2. The van der Waals surface area contributed by atoms with Gasteiger partial charge in [-0.05, 0) is 43.6 Å². The Morgan fingerprint density at radius 2 is 1.96 bits per heavy atom. The third-order valence-electron chi connectivity index (χ3n) is 6.10. The monoisotopic (exact) mass is 396 g/mol. The molecule has 2 aliphatic heterocycles. The minimum Gasteiger partial charge on any atom is -0.356 e. The summed E-state index contributed by atoms with van der Waals surface area (Å²) in [7, 11) is 0. The Balaban J connectivity index is 1.58. The van der Waals surface area contributed by atoms with Gasteiger partial charge >= 0.3 is 6.18 Å². The zero-order valence-corrected chi connectivity index (χ0v) is 15.4. The average Bonchev–Trinajstić information content (AvgIpc) is 3.40. The van der Waals surface area contributed by atoms with Crippen LogP contribution in [0.5, 0.6) is 0 Å². The first-order valence-corrected chi connectivity index (χ1v) is 9.66. The van der Waals surface area contributed by atoms with E-state index in [0.29, 0.717) is 37.3 Å². The van der Waals surface area contributed by atoms with Crippen molar-refractivity contribution in [1.82, 2.24) is 15.6 Å². The first kappa shape index (κ1) is 19.0. The largest absolute Gasteiger partial charge is 0.417 e. The average molecular weight is 396 g/mol. The fourth-order valence-electron chi connectivity index (χ4n) is 4.07. The molecule has 3 aliphatic rings. The fourth-order valence-corrected chi connectivity index (χ4v) is 4.07. The van der Waals surface area contributed by atoms with Gasteiger partial charge in [0.25, 0.3) is 5.91 Å². The van der Waals surface area contributed by atoms with Crippen molar-refractivity contribution in [3.8, 4) is 0 Å². The highest BCUT2D eigenvalue weighted by atomic mass is 19.4. The fraction of sp³-hybridized carbons (Fsp3) is 0.632. The number of anilines is 1. The minimum atomic E-state index is -4.58. The molecule has 2 N–H and O–H groups in total. The van der Waals surface area contributed by atoms with Gasteiger partial charge in [0.1, 0.15) is 5.82 Å². The summed E-state index contributed by atoms with van der Waals surface area (Å²) in [6.07, 6.45) is 1.24. The van der Waals surface area contributed by atoms with Crippen LogP contribution >= 0.6 is 0 Å². The number of hydrogen-bond donors (Lipinski definition) is 2. The van der Waals surface area contributed by atoms with Gasteiger partial charge in [-0.15, -0.1) is 0 Å². The van der Waals surface area contributed by atoms with Crippen LogP contribution in [0.25, 0.3) is 0 Å². The van der Waals surface area contributed by atoms with Crippen LogP contribution in [0.3, 0.4) is 0 Å². The highest BCUT2D eigenvalue weighted by Gasteiger charge is 2.45. The first-order valence-electron chi connectivity index (χ1n) is 9.66. The van der Waals surface area contributed by atoms with Gasteiger partial charge in [-0.25, -0.2) is 4.98 Å².